The zero-order valence-electron chi connectivity index (χ0n) is 19.3. The van der Waals surface area contributed by atoms with Gasteiger partial charge in [-0.15, -0.1) is 5.10 Å². The Morgan fingerprint density at radius 1 is 1.09 bits per heavy atom. The molecule has 12 heteroatoms. The summed E-state index contributed by atoms with van der Waals surface area (Å²) in [6, 6.07) is 5.60. The summed E-state index contributed by atoms with van der Waals surface area (Å²) in [7, 11) is 1.58. The SMILES string of the molecule is COC(C)(C)n1cnc([C@H](C)Oc2ccc(-c3ccc(F)c(Cl)c3F)c3ncnc(N)c23)n1.[Cs]. The molecule has 173 valence electrons. The number of halogens is 3. The van der Waals surface area contributed by atoms with E-state index in [9.17, 15) is 8.78 Å². The second-order valence-electron chi connectivity index (χ2n) is 7.77. The molecule has 0 unspecified atom stereocenters. The van der Waals surface area contributed by atoms with E-state index in [0.29, 0.717) is 28.0 Å². The van der Waals surface area contributed by atoms with Crippen LogP contribution in [-0.4, -0.2) is 101 Å². The predicted molar refractivity (Wildman–Crippen MR) is 125 cm³/mol. The first kappa shape index (κ1) is 27.3. The molecule has 2 aromatic heterocycles. The van der Waals surface area contributed by atoms with Gasteiger partial charge in [-0.05, 0) is 45.0 Å². The molecule has 0 amide bonds. The predicted octanol–water partition coefficient (Wildman–Crippen LogP) is 4.50. The molecular formula is C22H21ClCsF2N6O2. The monoisotopic (exact) mass is 607 g/mol. The molecule has 2 aromatic carbocycles. The van der Waals surface area contributed by atoms with Crippen molar-refractivity contribution in [3.05, 3.63) is 59.4 Å². The fraction of sp³-hybridized carbons (Fsp3) is 0.273. The van der Waals surface area contributed by atoms with Gasteiger partial charge in [0.05, 0.1) is 10.9 Å². The van der Waals surface area contributed by atoms with Gasteiger partial charge < -0.3 is 15.2 Å². The average molecular weight is 608 g/mol. The summed E-state index contributed by atoms with van der Waals surface area (Å²) in [6.45, 7) is 5.48. The fourth-order valence-corrected chi connectivity index (χ4v) is 3.44. The molecule has 0 aliphatic carbocycles. The average Bonchev–Trinajstić information content (AvgIpc) is 3.30. The Balaban J connectivity index is 0.00000324. The summed E-state index contributed by atoms with van der Waals surface area (Å²) < 4.78 is 41.5. The van der Waals surface area contributed by atoms with Gasteiger partial charge in [-0.2, -0.15) is 0 Å². The van der Waals surface area contributed by atoms with E-state index in [-0.39, 0.29) is 80.3 Å². The van der Waals surface area contributed by atoms with Crippen molar-refractivity contribution < 1.29 is 18.3 Å². The second kappa shape index (κ2) is 10.7. The number of hydrogen-bond acceptors (Lipinski definition) is 7. The van der Waals surface area contributed by atoms with Crippen molar-refractivity contribution in [2.24, 2.45) is 0 Å². The van der Waals surface area contributed by atoms with E-state index in [2.05, 4.69) is 20.1 Å². The van der Waals surface area contributed by atoms with Crippen LogP contribution in [0.25, 0.3) is 22.0 Å². The number of nitrogens with zero attached hydrogens (tertiary/aromatic N) is 5. The number of rotatable bonds is 6. The van der Waals surface area contributed by atoms with Crippen LogP contribution in [0.15, 0.2) is 36.9 Å². The minimum Gasteiger partial charge on any atom is -0.482 e. The first-order valence-corrected chi connectivity index (χ1v) is 10.3. The Morgan fingerprint density at radius 3 is 2.50 bits per heavy atom. The van der Waals surface area contributed by atoms with E-state index in [1.807, 2.05) is 13.8 Å². The van der Waals surface area contributed by atoms with Crippen LogP contribution in [0.3, 0.4) is 0 Å². The van der Waals surface area contributed by atoms with E-state index in [1.54, 1.807) is 37.2 Å². The third-order valence-electron chi connectivity index (χ3n) is 5.33. The molecule has 0 saturated carbocycles. The maximum Gasteiger partial charge on any atom is 0.191 e. The van der Waals surface area contributed by atoms with Crippen LogP contribution in [-0.2, 0) is 10.5 Å². The molecule has 34 heavy (non-hydrogen) atoms. The van der Waals surface area contributed by atoms with Crippen LogP contribution in [0.2, 0.25) is 5.02 Å². The van der Waals surface area contributed by atoms with E-state index < -0.39 is 28.5 Å². The maximum atomic E-state index is 14.7. The summed E-state index contributed by atoms with van der Waals surface area (Å²) in [5.41, 5.74) is 6.21. The first-order chi connectivity index (χ1) is 15.6. The number of benzene rings is 2. The molecule has 0 bridgehead atoms. The minimum absolute atomic E-state index is 0. The molecule has 0 fully saturated rings. The summed E-state index contributed by atoms with van der Waals surface area (Å²) in [4.78, 5) is 12.6. The largest absolute Gasteiger partial charge is 0.482 e. The normalized spacial score (nSPS) is 12.4. The molecule has 1 radical (unpaired) electrons. The zero-order chi connectivity index (χ0) is 23.9. The van der Waals surface area contributed by atoms with Gasteiger partial charge in [0.15, 0.2) is 23.5 Å². The number of anilines is 1. The second-order valence-corrected chi connectivity index (χ2v) is 8.15. The fourth-order valence-electron chi connectivity index (χ4n) is 3.28. The molecule has 8 nitrogen and oxygen atoms in total. The number of ether oxygens (including phenoxy) is 2. The van der Waals surface area contributed by atoms with Crippen molar-refractivity contribution in [1.29, 1.82) is 0 Å². The Kier molecular flexibility index (Phi) is 8.62. The Labute approximate surface area is 258 Å². The standard InChI is InChI=1S/C22H21ClF2N6O2.Cs/c1-11(21-29-10-31(30-21)22(2,3)32-4)33-15-8-6-13(19-16(15)20(26)28-9-27-19)12-5-7-14(24)17(23)18(12)25;/h5-11H,1-4H3,(H2,26,27,28);/t11-;/m0./s1. The van der Waals surface area contributed by atoms with E-state index in [1.165, 1.54) is 12.4 Å². The summed E-state index contributed by atoms with van der Waals surface area (Å²) in [5, 5.41) is 4.21. The van der Waals surface area contributed by atoms with Crippen LogP contribution in [0.4, 0.5) is 14.6 Å². The molecule has 0 aliphatic heterocycles. The summed E-state index contributed by atoms with van der Waals surface area (Å²) in [5.74, 6) is -0.836. The molecule has 2 N–H and O–H groups in total. The number of methoxy groups -OCH3 is 1. The van der Waals surface area contributed by atoms with Crippen molar-refractivity contribution in [3.8, 4) is 16.9 Å². The quantitative estimate of drug-likeness (QED) is 0.322. The number of fused-ring (bicyclic) bond motifs is 1. The molecule has 4 rings (SSSR count). The number of nitrogens with two attached hydrogens (primary N) is 1. The smallest absolute Gasteiger partial charge is 0.191 e. The maximum absolute atomic E-state index is 14.7. The molecule has 0 spiro atoms. The van der Waals surface area contributed by atoms with Crippen molar-refractivity contribution in [1.82, 2.24) is 24.7 Å². The van der Waals surface area contributed by atoms with E-state index >= 15 is 0 Å². The number of aromatic nitrogens is 5. The molecule has 4 aromatic rings. The van der Waals surface area contributed by atoms with Gasteiger partial charge in [-0.3, -0.25) is 0 Å². The first-order valence-electron chi connectivity index (χ1n) is 9.95. The van der Waals surface area contributed by atoms with Gasteiger partial charge >= 0.3 is 0 Å². The molecular weight excluding hydrogens is 587 g/mol. The van der Waals surface area contributed by atoms with Gasteiger partial charge in [0.2, 0.25) is 0 Å². The van der Waals surface area contributed by atoms with Gasteiger partial charge in [-0.1, -0.05) is 11.6 Å². The van der Waals surface area contributed by atoms with E-state index in [0.717, 1.165) is 6.07 Å². The van der Waals surface area contributed by atoms with Gasteiger partial charge in [0, 0.05) is 87.1 Å². The molecule has 2 heterocycles. The van der Waals surface area contributed by atoms with Crippen LogP contribution in [0.5, 0.6) is 5.75 Å². The molecule has 0 aliphatic rings. The minimum atomic E-state index is -0.896. The topological polar surface area (TPSA) is 101 Å². The van der Waals surface area contributed by atoms with Crippen LogP contribution < -0.4 is 10.5 Å². The van der Waals surface area contributed by atoms with Gasteiger partial charge in [-0.25, -0.2) is 28.4 Å². The van der Waals surface area contributed by atoms with Crippen molar-refractivity contribution in [3.63, 3.8) is 0 Å². The number of nitrogen functional groups attached to an aromatic ring is 1. The summed E-state index contributed by atoms with van der Waals surface area (Å²) in [6.07, 6.45) is 2.25. The van der Waals surface area contributed by atoms with Crippen LogP contribution in [0, 0.1) is 11.6 Å². The van der Waals surface area contributed by atoms with Gasteiger partial charge in [0.1, 0.15) is 35.1 Å². The third-order valence-corrected chi connectivity index (χ3v) is 5.68. The van der Waals surface area contributed by atoms with E-state index in [4.69, 9.17) is 26.8 Å². The Hall–Kier alpha value is -1.32. The molecule has 1 atom stereocenters. The van der Waals surface area contributed by atoms with Crippen molar-refractivity contribution in [2.75, 3.05) is 12.8 Å². The Bertz CT molecular complexity index is 1350. The van der Waals surface area contributed by atoms with Crippen molar-refractivity contribution >= 4 is 97.2 Å². The van der Waals surface area contributed by atoms with Crippen molar-refractivity contribution in [2.45, 2.75) is 32.6 Å². The number of hydrogen-bond donors (Lipinski definition) is 1. The third kappa shape index (κ3) is 5.12. The Morgan fingerprint density at radius 2 is 1.79 bits per heavy atom. The van der Waals surface area contributed by atoms with Gasteiger partial charge in [0.25, 0.3) is 0 Å². The van der Waals surface area contributed by atoms with Crippen LogP contribution >= 0.6 is 11.6 Å². The zero-order valence-corrected chi connectivity index (χ0v) is 26.3. The molecule has 0 saturated heterocycles. The summed E-state index contributed by atoms with van der Waals surface area (Å²) >= 11 is 5.77. The van der Waals surface area contributed by atoms with Crippen LogP contribution in [0.1, 0.15) is 32.7 Å².